The molecule has 1 saturated heterocycles. The Morgan fingerprint density at radius 3 is 2.03 bits per heavy atom. The number of nitrogens with one attached hydrogen (secondary N) is 10. The van der Waals surface area contributed by atoms with E-state index in [1.165, 1.54) is 26.0 Å². The first-order chi connectivity index (χ1) is 43.4. The Hall–Kier alpha value is -8.26. The molecular formula is C56H88N18O17. The van der Waals surface area contributed by atoms with Crippen LogP contribution in [0, 0.1) is 16.0 Å². The van der Waals surface area contributed by atoms with Crippen molar-refractivity contribution in [3.05, 3.63) is 58.1 Å². The molecule has 1 unspecified atom stereocenters. The zero-order valence-electron chi connectivity index (χ0n) is 51.4. The van der Waals surface area contributed by atoms with Gasteiger partial charge in [-0.15, -0.1) is 0 Å². The molecule has 0 aliphatic carbocycles. The van der Waals surface area contributed by atoms with Crippen molar-refractivity contribution in [2.75, 3.05) is 98.2 Å². The van der Waals surface area contributed by atoms with E-state index in [1.54, 1.807) is 49.3 Å². The number of non-ortho nitro benzene ring substituents is 1. The fourth-order valence-electron chi connectivity index (χ4n) is 9.50. The van der Waals surface area contributed by atoms with Gasteiger partial charge in [0, 0.05) is 32.1 Å². The van der Waals surface area contributed by atoms with Crippen molar-refractivity contribution < 1.29 is 77.2 Å². The highest BCUT2D eigenvalue weighted by atomic mass is 16.6. The van der Waals surface area contributed by atoms with E-state index in [-0.39, 0.29) is 108 Å². The maximum atomic E-state index is 14.5. The predicted octanol–water partition coefficient (Wildman–Crippen LogP) is -6.45. The number of aliphatic hydroxyl groups excluding tert-OH is 2. The van der Waals surface area contributed by atoms with Gasteiger partial charge < -0.3 is 95.4 Å². The van der Waals surface area contributed by atoms with Crippen LogP contribution in [-0.4, -0.2) is 243 Å². The molecule has 1 aromatic heterocycles. The van der Waals surface area contributed by atoms with E-state index < -0.39 is 163 Å². The average Bonchev–Trinajstić information content (AvgIpc) is 2.28. The van der Waals surface area contributed by atoms with Gasteiger partial charge in [0.1, 0.15) is 36.8 Å². The number of Topliss-reactive ketones (excluding diaryl/α,β-unsaturated/α-hetero) is 2. The van der Waals surface area contributed by atoms with E-state index in [9.17, 15) is 68.3 Å². The molecule has 0 radical (unpaired) electrons. The number of fused-ring (bicyclic) bond motifs is 1. The molecule has 35 heteroatoms. The molecule has 1 aliphatic heterocycles. The maximum Gasteiger partial charge on any atom is 0.300 e. The average molecular weight is 1290 g/mol. The lowest BCUT2D eigenvalue weighted by atomic mass is 9.92. The van der Waals surface area contributed by atoms with Crippen LogP contribution in [0.3, 0.4) is 0 Å². The van der Waals surface area contributed by atoms with E-state index >= 15 is 0 Å². The maximum absolute atomic E-state index is 14.5. The number of ketones is 2. The van der Waals surface area contributed by atoms with Crippen LogP contribution in [0.15, 0.2) is 47.1 Å². The zero-order chi connectivity index (χ0) is 67.2. The van der Waals surface area contributed by atoms with Crippen LogP contribution in [0.25, 0.3) is 11.0 Å². The number of amides is 8. The number of hydrogen-bond donors (Lipinski definition) is 16. The van der Waals surface area contributed by atoms with E-state index in [0.29, 0.717) is 11.3 Å². The molecule has 4 rings (SSSR count). The molecule has 1 fully saturated rings. The SMILES string of the molecule is C[C@H](O)[C@H]1NC(=O)[C@H](CCN)NCC(=O)[C@H](CCN)NC(=O)[C@@H](CN(C)C)CC(=O)[C@@H](Cc2ccccc2)NC(=O)[C@@H](CCN)NC(=O)C(NC(=O)[C@H](CCN)NC(=O)[C@@H](NC(=O)COCCOCCNc2ccc([N+](=O)[O-])c3nonc23)[C@@H](C)O)CCNC1=O. The van der Waals surface area contributed by atoms with Crippen molar-refractivity contribution in [1.82, 2.24) is 63.1 Å². The Morgan fingerprint density at radius 1 is 0.747 bits per heavy atom. The summed E-state index contributed by atoms with van der Waals surface area (Å²) in [5.74, 6) is -9.64. The summed E-state index contributed by atoms with van der Waals surface area (Å²) in [6.45, 7) is 0.582. The molecule has 0 bridgehead atoms. The van der Waals surface area contributed by atoms with Crippen molar-refractivity contribution in [3.8, 4) is 0 Å². The second-order valence-corrected chi connectivity index (χ2v) is 21.9. The van der Waals surface area contributed by atoms with Crippen LogP contribution in [-0.2, 0) is 63.8 Å². The van der Waals surface area contributed by atoms with Crippen LogP contribution in [0.2, 0.25) is 0 Å². The fraction of sp³-hybridized carbons (Fsp3) is 0.607. The first kappa shape index (κ1) is 75.2. The van der Waals surface area contributed by atoms with E-state index in [4.69, 9.17) is 32.4 Å². The van der Waals surface area contributed by atoms with E-state index in [2.05, 4.69) is 68.1 Å². The number of benzene rings is 2. The van der Waals surface area contributed by atoms with Crippen molar-refractivity contribution >= 4 is 81.2 Å². The highest BCUT2D eigenvalue weighted by Gasteiger charge is 2.37. The van der Waals surface area contributed by atoms with Gasteiger partial charge in [-0.2, -0.15) is 0 Å². The smallest absolute Gasteiger partial charge is 0.300 e. The molecule has 2 heterocycles. The quantitative estimate of drug-likeness (QED) is 0.0175. The topological polar surface area (TPSA) is 539 Å². The molecule has 11 atom stereocenters. The second-order valence-electron chi connectivity index (χ2n) is 21.9. The second kappa shape index (κ2) is 39.1. The van der Waals surface area contributed by atoms with Crippen molar-refractivity contribution in [2.45, 2.75) is 119 Å². The number of carbonyl (C=O) groups excluding carboxylic acids is 10. The summed E-state index contributed by atoms with van der Waals surface area (Å²) in [5.41, 5.74) is 24.4. The van der Waals surface area contributed by atoms with Gasteiger partial charge in [-0.1, -0.05) is 30.3 Å². The summed E-state index contributed by atoms with van der Waals surface area (Å²) in [4.78, 5) is 152. The number of aromatic nitrogens is 2. The summed E-state index contributed by atoms with van der Waals surface area (Å²) in [6, 6.07) is -0.441. The molecule has 1 aliphatic rings. The number of nitro groups is 1. The molecule has 8 amide bonds. The Balaban J connectivity index is 1.56. The number of carbonyl (C=O) groups is 10. The predicted molar refractivity (Wildman–Crippen MR) is 326 cm³/mol. The Bertz CT molecular complexity index is 2900. The number of rotatable bonds is 29. The van der Waals surface area contributed by atoms with Gasteiger partial charge in [0.25, 0.3) is 0 Å². The van der Waals surface area contributed by atoms with Crippen LogP contribution in [0.4, 0.5) is 11.4 Å². The third kappa shape index (κ3) is 24.8. The summed E-state index contributed by atoms with van der Waals surface area (Å²) in [5, 5.41) is 66.1. The van der Waals surface area contributed by atoms with Gasteiger partial charge in [0.05, 0.1) is 73.2 Å². The Kier molecular flexibility index (Phi) is 32.3. The molecule has 0 spiro atoms. The number of hydrogen-bond acceptors (Lipinski definition) is 26. The van der Waals surface area contributed by atoms with Crippen LogP contribution in [0.1, 0.15) is 57.9 Å². The van der Waals surface area contributed by atoms with Crippen LogP contribution < -0.4 is 76.1 Å². The lowest BCUT2D eigenvalue weighted by Gasteiger charge is -2.29. The Labute approximate surface area is 524 Å². The first-order valence-corrected chi connectivity index (χ1v) is 29.7. The minimum absolute atomic E-state index is 0.00537. The molecule has 504 valence electrons. The van der Waals surface area contributed by atoms with Crippen molar-refractivity contribution in [2.24, 2.45) is 28.9 Å². The Morgan fingerprint density at radius 2 is 1.38 bits per heavy atom. The largest absolute Gasteiger partial charge is 0.391 e. The standard InChI is InChI=1S/C56H88N18O17/c1-31(75)46-55(85)62-21-16-40(66-52(82)39(15-20-60)67-56(86)47(32(2)76)69-45(79)30-90-25-24-89-23-22-61-36-10-11-42(74(87)88)49-48(36)71-91-72-49)54(84)65-38(14-19-59)53(83)68-41(26-33-8-6-5-7-9-33)43(77)27-34(29-73(3)4)50(80)64-35(12-17-57)44(78)28-63-37(13-18-58)51(81)70-46/h5-11,31-32,34-35,37-41,46-47,61,63,75-76H,12-30,57-60H2,1-4H3,(H,62,85)(H,64,80)(H,65,84)(H,66,82)(H,67,86)(H,68,83)(H,69,79)(H,70,81)/t31-,32+,34+,35-,37-,38+,39-,40?,41+,46+,47-/m0/s1. The summed E-state index contributed by atoms with van der Waals surface area (Å²) >= 11 is 0. The molecular weight excluding hydrogens is 1200 g/mol. The third-order valence-electron chi connectivity index (χ3n) is 14.3. The van der Waals surface area contributed by atoms with Crippen molar-refractivity contribution in [3.63, 3.8) is 0 Å². The number of anilines is 1. The van der Waals surface area contributed by atoms with Crippen molar-refractivity contribution in [1.29, 1.82) is 0 Å². The zero-order valence-corrected chi connectivity index (χ0v) is 51.4. The molecule has 35 nitrogen and oxygen atoms in total. The molecule has 0 saturated carbocycles. The molecule has 91 heavy (non-hydrogen) atoms. The minimum atomic E-state index is -1.67. The lowest BCUT2D eigenvalue weighted by molar-refractivity contribution is -0.383. The number of nitrogens with two attached hydrogens (primary N) is 4. The van der Waals surface area contributed by atoms with E-state index in [1.807, 2.05) is 0 Å². The molecule has 20 N–H and O–H groups in total. The van der Waals surface area contributed by atoms with Gasteiger partial charge in [-0.3, -0.25) is 63.4 Å². The number of aliphatic hydroxyl groups is 2. The van der Waals surface area contributed by atoms with Gasteiger partial charge in [0.2, 0.25) is 52.8 Å². The first-order valence-electron chi connectivity index (χ1n) is 29.7. The minimum Gasteiger partial charge on any atom is -0.391 e. The number of nitrogens with zero attached hydrogens (tertiary/aromatic N) is 4. The van der Waals surface area contributed by atoms with Gasteiger partial charge in [0.15, 0.2) is 17.1 Å². The highest BCUT2D eigenvalue weighted by Crippen LogP contribution is 2.28. The fourth-order valence-corrected chi connectivity index (χ4v) is 9.50. The normalized spacial score (nSPS) is 21.8. The number of nitro benzene ring substituents is 1. The molecule has 2 aromatic carbocycles. The van der Waals surface area contributed by atoms with Gasteiger partial charge in [-0.25, -0.2) is 4.63 Å². The third-order valence-corrected chi connectivity index (χ3v) is 14.3. The summed E-state index contributed by atoms with van der Waals surface area (Å²) in [6.07, 6.45) is -4.66. The van der Waals surface area contributed by atoms with Crippen LogP contribution >= 0.6 is 0 Å². The summed E-state index contributed by atoms with van der Waals surface area (Å²) in [7, 11) is 3.34. The monoisotopic (exact) mass is 1280 g/mol. The number of ether oxygens (including phenoxy) is 2. The van der Waals surface area contributed by atoms with Crippen LogP contribution in [0.5, 0.6) is 0 Å². The van der Waals surface area contributed by atoms with Gasteiger partial charge >= 0.3 is 5.69 Å². The van der Waals surface area contributed by atoms with Gasteiger partial charge in [-0.05, 0) is 115 Å². The lowest BCUT2D eigenvalue weighted by Crippen LogP contribution is -2.61. The summed E-state index contributed by atoms with van der Waals surface area (Å²) < 4.78 is 15.6. The highest BCUT2D eigenvalue weighted by molar-refractivity contribution is 5.99. The van der Waals surface area contributed by atoms with E-state index in [0.717, 1.165) is 0 Å². The molecule has 3 aromatic rings.